The zero-order chi connectivity index (χ0) is 21.9. The molecule has 2 N–H and O–H groups in total. The van der Waals surface area contributed by atoms with E-state index >= 15 is 0 Å². The van der Waals surface area contributed by atoms with Crippen molar-refractivity contribution in [3.8, 4) is 11.3 Å². The van der Waals surface area contributed by atoms with E-state index in [4.69, 9.17) is 4.98 Å². The van der Waals surface area contributed by atoms with E-state index in [1.54, 1.807) is 31.6 Å². The molecule has 32 heavy (non-hydrogen) atoms. The first-order valence-corrected chi connectivity index (χ1v) is 10.5. The van der Waals surface area contributed by atoms with Gasteiger partial charge in [-0.05, 0) is 43.2 Å². The Balaban J connectivity index is 1.37. The Bertz CT molecular complexity index is 1270. The van der Waals surface area contributed by atoms with Crippen molar-refractivity contribution in [2.24, 2.45) is 0 Å². The summed E-state index contributed by atoms with van der Waals surface area (Å²) in [5.74, 6) is 1.01. The topological polar surface area (TPSA) is 109 Å². The molecule has 0 unspecified atom stereocenters. The van der Waals surface area contributed by atoms with Crippen LogP contribution in [-0.4, -0.2) is 51.0 Å². The van der Waals surface area contributed by atoms with Gasteiger partial charge >= 0.3 is 0 Å². The molecule has 1 aromatic carbocycles. The molecule has 1 saturated heterocycles. The highest BCUT2D eigenvalue weighted by Gasteiger charge is 2.15. The van der Waals surface area contributed by atoms with E-state index in [2.05, 4.69) is 35.5 Å². The Morgan fingerprint density at radius 3 is 2.62 bits per heavy atom. The van der Waals surface area contributed by atoms with Crippen molar-refractivity contribution in [1.29, 1.82) is 0 Å². The number of hydrogen-bond acceptors (Lipinski definition) is 8. The van der Waals surface area contributed by atoms with E-state index in [-0.39, 0.29) is 5.91 Å². The van der Waals surface area contributed by atoms with Crippen LogP contribution in [0.4, 0.5) is 17.6 Å². The quantitative estimate of drug-likeness (QED) is 0.501. The molecule has 0 radical (unpaired) electrons. The summed E-state index contributed by atoms with van der Waals surface area (Å²) < 4.78 is 0. The molecule has 0 bridgehead atoms. The van der Waals surface area contributed by atoms with Gasteiger partial charge < -0.3 is 15.5 Å². The summed E-state index contributed by atoms with van der Waals surface area (Å²) in [5.41, 5.74) is 3.69. The third-order valence-electron chi connectivity index (χ3n) is 5.39. The molecule has 0 aliphatic carbocycles. The van der Waals surface area contributed by atoms with Crippen LogP contribution in [0.2, 0.25) is 0 Å². The Hall–Kier alpha value is -4.14. The van der Waals surface area contributed by atoms with Gasteiger partial charge in [0.05, 0.1) is 23.1 Å². The van der Waals surface area contributed by atoms with E-state index in [0.717, 1.165) is 41.2 Å². The molecule has 0 saturated carbocycles. The zero-order valence-electron chi connectivity index (χ0n) is 17.6. The summed E-state index contributed by atoms with van der Waals surface area (Å²) in [5, 5.41) is 6.64. The second kappa shape index (κ2) is 8.54. The second-order valence-electron chi connectivity index (χ2n) is 7.54. The molecular weight excluding hydrogens is 404 g/mol. The first-order chi connectivity index (χ1) is 15.7. The number of carbonyl (C=O) groups is 1. The largest absolute Gasteiger partial charge is 0.354 e. The second-order valence-corrected chi connectivity index (χ2v) is 7.54. The van der Waals surface area contributed by atoms with Gasteiger partial charge in [-0.25, -0.2) is 24.9 Å². The smallest absolute Gasteiger partial charge is 0.269 e. The van der Waals surface area contributed by atoms with Crippen LogP contribution in [0.5, 0.6) is 0 Å². The number of aromatic nitrogens is 5. The van der Waals surface area contributed by atoms with Crippen molar-refractivity contribution < 1.29 is 4.79 Å². The highest BCUT2D eigenvalue weighted by atomic mass is 16.1. The van der Waals surface area contributed by atoms with Crippen molar-refractivity contribution in [3.63, 3.8) is 0 Å². The fourth-order valence-electron chi connectivity index (χ4n) is 3.69. The van der Waals surface area contributed by atoms with Gasteiger partial charge in [-0.3, -0.25) is 4.79 Å². The predicted octanol–water partition coefficient (Wildman–Crippen LogP) is 3.19. The first-order valence-electron chi connectivity index (χ1n) is 10.5. The Morgan fingerprint density at radius 1 is 0.969 bits per heavy atom. The lowest BCUT2D eigenvalue weighted by molar-refractivity contribution is 0.0958. The van der Waals surface area contributed by atoms with Crippen LogP contribution < -0.4 is 15.5 Å². The predicted molar refractivity (Wildman–Crippen MR) is 123 cm³/mol. The van der Waals surface area contributed by atoms with Crippen LogP contribution in [0.15, 0.2) is 55.0 Å². The lowest BCUT2D eigenvalue weighted by atomic mass is 10.1. The highest BCUT2D eigenvalue weighted by molar-refractivity contribution is 5.92. The molecule has 1 fully saturated rings. The molecule has 1 amide bonds. The molecule has 9 heteroatoms. The van der Waals surface area contributed by atoms with Crippen molar-refractivity contribution in [2.75, 3.05) is 30.4 Å². The minimum atomic E-state index is -0.234. The van der Waals surface area contributed by atoms with E-state index < -0.39 is 0 Å². The number of nitrogens with zero attached hydrogens (tertiary/aromatic N) is 6. The number of amides is 1. The Labute approximate surface area is 185 Å². The Kier molecular flexibility index (Phi) is 5.29. The molecule has 4 heterocycles. The molecule has 5 rings (SSSR count). The molecule has 160 valence electrons. The van der Waals surface area contributed by atoms with E-state index in [9.17, 15) is 4.79 Å². The summed E-state index contributed by atoms with van der Waals surface area (Å²) in [6.07, 6.45) is 7.54. The maximum atomic E-state index is 11.6. The molecular formula is C23H22N8O. The van der Waals surface area contributed by atoms with Crippen LogP contribution in [0.25, 0.3) is 22.2 Å². The summed E-state index contributed by atoms with van der Waals surface area (Å²) in [7, 11) is 1.57. The van der Waals surface area contributed by atoms with E-state index in [1.807, 2.05) is 30.5 Å². The zero-order valence-corrected chi connectivity index (χ0v) is 17.6. The Morgan fingerprint density at radius 2 is 1.84 bits per heavy atom. The van der Waals surface area contributed by atoms with Crippen molar-refractivity contribution >= 4 is 34.4 Å². The van der Waals surface area contributed by atoms with Crippen LogP contribution in [0, 0.1) is 0 Å². The maximum absolute atomic E-state index is 11.6. The van der Waals surface area contributed by atoms with Crippen LogP contribution >= 0.6 is 0 Å². The molecule has 4 aromatic rings. The SMILES string of the molecule is CNC(=O)c1ccc(Nc2nccc(-c3ccc4nc(N5CCCC5)ncc4c3)n2)cn1. The first kappa shape index (κ1) is 19.8. The number of fused-ring (bicyclic) bond motifs is 1. The van der Waals surface area contributed by atoms with Crippen molar-refractivity contribution in [3.05, 3.63) is 60.7 Å². The number of carbonyl (C=O) groups excluding carboxylic acids is 1. The third kappa shape index (κ3) is 4.04. The van der Waals surface area contributed by atoms with Gasteiger partial charge in [-0.2, -0.15) is 0 Å². The van der Waals surface area contributed by atoms with Gasteiger partial charge in [-0.15, -0.1) is 0 Å². The monoisotopic (exact) mass is 426 g/mol. The molecule has 1 aliphatic rings. The minimum Gasteiger partial charge on any atom is -0.354 e. The summed E-state index contributed by atoms with van der Waals surface area (Å²) in [4.78, 5) is 36.2. The fourth-order valence-corrected chi connectivity index (χ4v) is 3.69. The number of nitrogens with one attached hydrogen (secondary N) is 2. The maximum Gasteiger partial charge on any atom is 0.269 e. The molecule has 9 nitrogen and oxygen atoms in total. The van der Waals surface area contributed by atoms with Crippen molar-refractivity contribution in [1.82, 2.24) is 30.2 Å². The average Bonchev–Trinajstić information content (AvgIpc) is 3.39. The molecule has 0 spiro atoms. The van der Waals surface area contributed by atoms with E-state index in [0.29, 0.717) is 17.3 Å². The fraction of sp³-hybridized carbons (Fsp3) is 0.217. The van der Waals surface area contributed by atoms with Crippen LogP contribution in [0.1, 0.15) is 23.3 Å². The van der Waals surface area contributed by atoms with Gasteiger partial charge in [0.15, 0.2) is 0 Å². The number of hydrogen-bond donors (Lipinski definition) is 2. The van der Waals surface area contributed by atoms with Crippen LogP contribution in [0.3, 0.4) is 0 Å². The van der Waals surface area contributed by atoms with Gasteiger partial charge in [0.25, 0.3) is 5.91 Å². The number of benzene rings is 1. The normalized spacial score (nSPS) is 13.3. The highest BCUT2D eigenvalue weighted by Crippen LogP contribution is 2.25. The van der Waals surface area contributed by atoms with Gasteiger partial charge in [0, 0.05) is 43.5 Å². The van der Waals surface area contributed by atoms with Gasteiger partial charge in [-0.1, -0.05) is 6.07 Å². The standard InChI is InChI=1S/C23H22N8O/c1-24-21(32)20-7-5-17(14-26-20)28-22-25-9-8-19(29-22)15-4-6-18-16(12-15)13-27-23(30-18)31-10-2-3-11-31/h4-9,12-14H,2-3,10-11H2,1H3,(H,24,32)(H,25,28,29). The van der Waals surface area contributed by atoms with Gasteiger partial charge in [0.1, 0.15) is 5.69 Å². The number of rotatable bonds is 5. The number of anilines is 3. The number of pyridine rings is 1. The average molecular weight is 426 g/mol. The minimum absolute atomic E-state index is 0.234. The summed E-state index contributed by atoms with van der Waals surface area (Å²) in [6.45, 7) is 2.04. The molecule has 0 atom stereocenters. The van der Waals surface area contributed by atoms with Crippen LogP contribution in [-0.2, 0) is 0 Å². The lowest BCUT2D eigenvalue weighted by Crippen LogP contribution is -2.20. The lowest BCUT2D eigenvalue weighted by Gasteiger charge is -2.15. The third-order valence-corrected chi connectivity index (χ3v) is 5.39. The summed E-state index contributed by atoms with van der Waals surface area (Å²) >= 11 is 0. The summed E-state index contributed by atoms with van der Waals surface area (Å²) in [6, 6.07) is 11.3. The van der Waals surface area contributed by atoms with Crippen molar-refractivity contribution in [2.45, 2.75) is 12.8 Å². The van der Waals surface area contributed by atoms with E-state index in [1.165, 1.54) is 12.8 Å². The molecule has 1 aliphatic heterocycles. The van der Waals surface area contributed by atoms with Gasteiger partial charge in [0.2, 0.25) is 11.9 Å². The molecule has 3 aromatic heterocycles.